The van der Waals surface area contributed by atoms with E-state index in [0.717, 1.165) is 21.3 Å². The lowest BCUT2D eigenvalue weighted by atomic mass is 10.1. The Hall–Kier alpha value is -3.42. The molecule has 144 valence electrons. The molecule has 1 rings (SSSR count). The molecule has 0 bridgehead atoms. The fraction of sp³-hybridized carbons (Fsp3) is 0.263. The highest BCUT2D eigenvalue weighted by Crippen LogP contribution is 2.20. The van der Waals surface area contributed by atoms with Crippen LogP contribution in [0.5, 0.6) is 0 Å². The molecule has 0 saturated heterocycles. The van der Waals surface area contributed by atoms with Crippen LogP contribution in [-0.4, -0.2) is 51.7 Å². The Morgan fingerprint density at radius 2 is 1.48 bits per heavy atom. The number of nitrogens with zero attached hydrogens (tertiary/aromatic N) is 1. The second-order valence-corrected chi connectivity index (χ2v) is 4.89. The first-order valence-electron chi connectivity index (χ1n) is 7.86. The topological polar surface area (TPSA) is 100 Å². The zero-order chi connectivity index (χ0) is 20.4. The molecular weight excluding hydrogens is 354 g/mol. The van der Waals surface area contributed by atoms with Gasteiger partial charge in [0.15, 0.2) is 5.70 Å². The number of rotatable bonds is 7. The van der Waals surface area contributed by atoms with Crippen LogP contribution in [0.1, 0.15) is 12.5 Å². The highest BCUT2D eigenvalue weighted by molar-refractivity contribution is 6.12. The standard InChI is InChI=1S/C19H21NO7/c1-6-27-16(13-10-8-7-9-11-13)20-15(19(23)26-5)14(18(22)25-4)12(2)17(21)24-3/h7-11H,2,6H2,1,3-5H3/b15-14+,20-16?. The molecule has 8 heteroatoms. The van der Waals surface area contributed by atoms with E-state index < -0.39 is 34.8 Å². The van der Waals surface area contributed by atoms with Crippen molar-refractivity contribution in [3.05, 3.63) is 59.3 Å². The molecule has 0 aliphatic carbocycles. The van der Waals surface area contributed by atoms with Crippen LogP contribution >= 0.6 is 0 Å². The van der Waals surface area contributed by atoms with Gasteiger partial charge in [-0.15, -0.1) is 0 Å². The molecule has 0 N–H and O–H groups in total. The Balaban J connectivity index is 3.74. The highest BCUT2D eigenvalue weighted by Gasteiger charge is 2.29. The van der Waals surface area contributed by atoms with Gasteiger partial charge in [-0.1, -0.05) is 24.8 Å². The third-order valence-electron chi connectivity index (χ3n) is 3.25. The lowest BCUT2D eigenvalue weighted by Gasteiger charge is -2.13. The van der Waals surface area contributed by atoms with E-state index in [-0.39, 0.29) is 12.5 Å². The van der Waals surface area contributed by atoms with E-state index in [1.807, 2.05) is 0 Å². The molecule has 0 heterocycles. The third-order valence-corrected chi connectivity index (χ3v) is 3.25. The van der Waals surface area contributed by atoms with Gasteiger partial charge < -0.3 is 18.9 Å². The molecule has 0 aliphatic heterocycles. The predicted octanol–water partition coefficient (Wildman–Crippen LogP) is 1.80. The van der Waals surface area contributed by atoms with Gasteiger partial charge in [0.2, 0.25) is 5.90 Å². The molecule has 0 aromatic heterocycles. The number of carbonyl (C=O) groups excluding carboxylic acids is 3. The molecule has 0 atom stereocenters. The van der Waals surface area contributed by atoms with Gasteiger partial charge >= 0.3 is 17.9 Å². The SMILES string of the molecule is C=C(C(=O)OC)/C(C(=O)OC)=C(\N=C(OCC)c1ccccc1)C(=O)OC. The maximum atomic E-state index is 12.3. The van der Waals surface area contributed by atoms with Crippen molar-refractivity contribution in [1.82, 2.24) is 0 Å². The van der Waals surface area contributed by atoms with Crippen LogP contribution in [0.3, 0.4) is 0 Å². The molecule has 1 aromatic rings. The van der Waals surface area contributed by atoms with Crippen LogP contribution in [0.4, 0.5) is 0 Å². The number of benzene rings is 1. The summed E-state index contributed by atoms with van der Waals surface area (Å²) in [6.07, 6.45) is 0. The van der Waals surface area contributed by atoms with Gasteiger partial charge in [-0.3, -0.25) is 0 Å². The van der Waals surface area contributed by atoms with Crippen molar-refractivity contribution in [2.75, 3.05) is 27.9 Å². The molecule has 0 radical (unpaired) electrons. The van der Waals surface area contributed by atoms with E-state index >= 15 is 0 Å². The van der Waals surface area contributed by atoms with Gasteiger partial charge in [0.05, 0.1) is 33.5 Å². The summed E-state index contributed by atoms with van der Waals surface area (Å²) >= 11 is 0. The Morgan fingerprint density at radius 3 is 1.96 bits per heavy atom. The number of hydrogen-bond donors (Lipinski definition) is 0. The molecule has 0 saturated carbocycles. The van der Waals surface area contributed by atoms with Gasteiger partial charge in [0, 0.05) is 5.56 Å². The van der Waals surface area contributed by atoms with Crippen LogP contribution in [0, 0.1) is 0 Å². The first-order chi connectivity index (χ1) is 12.9. The number of ether oxygens (including phenoxy) is 4. The smallest absolute Gasteiger partial charge is 0.357 e. The third kappa shape index (κ3) is 5.53. The van der Waals surface area contributed by atoms with E-state index in [1.54, 1.807) is 37.3 Å². The number of hydrogen-bond acceptors (Lipinski definition) is 8. The maximum Gasteiger partial charge on any atom is 0.357 e. The van der Waals surface area contributed by atoms with Crippen molar-refractivity contribution in [3.63, 3.8) is 0 Å². The van der Waals surface area contributed by atoms with Gasteiger partial charge in [-0.25, -0.2) is 19.4 Å². The van der Waals surface area contributed by atoms with Crippen LogP contribution in [-0.2, 0) is 33.3 Å². The van der Waals surface area contributed by atoms with Crippen LogP contribution in [0.25, 0.3) is 0 Å². The summed E-state index contributed by atoms with van der Waals surface area (Å²) in [5, 5.41) is 0. The average molecular weight is 375 g/mol. The summed E-state index contributed by atoms with van der Waals surface area (Å²) in [6, 6.07) is 8.70. The first kappa shape index (κ1) is 21.6. The Bertz CT molecular complexity index is 779. The van der Waals surface area contributed by atoms with Crippen LogP contribution < -0.4 is 0 Å². The first-order valence-corrected chi connectivity index (χ1v) is 7.86. The minimum Gasteiger partial charge on any atom is -0.478 e. The molecule has 0 spiro atoms. The quantitative estimate of drug-likeness (QED) is 0.179. The second kappa shape index (κ2) is 10.5. The molecule has 0 amide bonds. The lowest BCUT2D eigenvalue weighted by molar-refractivity contribution is -0.140. The molecule has 1 aromatic carbocycles. The van der Waals surface area contributed by atoms with E-state index in [0.29, 0.717) is 5.56 Å². The van der Waals surface area contributed by atoms with E-state index in [1.165, 1.54) is 0 Å². The summed E-state index contributed by atoms with van der Waals surface area (Å²) in [6.45, 7) is 5.48. The minimum atomic E-state index is -1.00. The average Bonchev–Trinajstić information content (AvgIpc) is 2.71. The molecule has 27 heavy (non-hydrogen) atoms. The molecule has 0 aliphatic rings. The second-order valence-electron chi connectivity index (χ2n) is 4.89. The maximum absolute atomic E-state index is 12.3. The van der Waals surface area contributed by atoms with Crippen molar-refractivity contribution >= 4 is 23.8 Å². The summed E-state index contributed by atoms with van der Waals surface area (Å²) in [5.74, 6) is -2.85. The fourth-order valence-corrected chi connectivity index (χ4v) is 1.99. The zero-order valence-electron chi connectivity index (χ0n) is 15.6. The van der Waals surface area contributed by atoms with Crippen LogP contribution in [0.2, 0.25) is 0 Å². The van der Waals surface area contributed by atoms with E-state index in [2.05, 4.69) is 21.0 Å². The fourth-order valence-electron chi connectivity index (χ4n) is 1.99. The van der Waals surface area contributed by atoms with Crippen molar-refractivity contribution in [2.45, 2.75) is 6.92 Å². The summed E-state index contributed by atoms with van der Waals surface area (Å²) in [4.78, 5) is 40.6. The van der Waals surface area contributed by atoms with Crippen molar-refractivity contribution in [3.8, 4) is 0 Å². The normalized spacial score (nSPS) is 11.8. The van der Waals surface area contributed by atoms with Crippen LogP contribution in [0.15, 0.2) is 58.7 Å². The minimum absolute atomic E-state index is 0.0533. The number of aliphatic imine (C=N–C) groups is 1. The van der Waals surface area contributed by atoms with Gasteiger partial charge in [-0.2, -0.15) is 0 Å². The molecule has 0 fully saturated rings. The molecule has 0 unspecified atom stereocenters. The largest absolute Gasteiger partial charge is 0.478 e. The molecule has 8 nitrogen and oxygen atoms in total. The monoisotopic (exact) mass is 375 g/mol. The lowest BCUT2D eigenvalue weighted by Crippen LogP contribution is -2.20. The summed E-state index contributed by atoms with van der Waals surface area (Å²) in [5.41, 5.74) is -0.831. The molecular formula is C19H21NO7. The summed E-state index contributed by atoms with van der Waals surface area (Å²) in [7, 11) is 3.31. The Kier molecular flexibility index (Phi) is 8.44. The number of carbonyl (C=O) groups is 3. The van der Waals surface area contributed by atoms with Crippen molar-refractivity contribution < 1.29 is 33.3 Å². The van der Waals surface area contributed by atoms with E-state index in [9.17, 15) is 14.4 Å². The Morgan fingerprint density at radius 1 is 0.926 bits per heavy atom. The van der Waals surface area contributed by atoms with Crippen molar-refractivity contribution in [1.29, 1.82) is 0 Å². The van der Waals surface area contributed by atoms with Gasteiger partial charge in [-0.05, 0) is 19.1 Å². The Labute approximate surface area is 157 Å². The van der Waals surface area contributed by atoms with Crippen molar-refractivity contribution in [2.24, 2.45) is 4.99 Å². The number of methoxy groups -OCH3 is 3. The van der Waals surface area contributed by atoms with E-state index in [4.69, 9.17) is 9.47 Å². The predicted molar refractivity (Wildman–Crippen MR) is 96.8 cm³/mol. The zero-order valence-corrected chi connectivity index (χ0v) is 15.6. The van der Waals surface area contributed by atoms with Gasteiger partial charge in [0.25, 0.3) is 0 Å². The summed E-state index contributed by atoms with van der Waals surface area (Å²) < 4.78 is 19.4. The number of esters is 3. The highest BCUT2D eigenvalue weighted by atomic mass is 16.5. The van der Waals surface area contributed by atoms with Gasteiger partial charge in [0.1, 0.15) is 5.57 Å².